The Bertz CT molecular complexity index is 1490. The molecule has 1 aliphatic heterocycles. The summed E-state index contributed by atoms with van der Waals surface area (Å²) in [4.78, 5) is 27.2. The minimum atomic E-state index is -4.38. The lowest BCUT2D eigenvalue weighted by Gasteiger charge is -2.31. The lowest BCUT2D eigenvalue weighted by atomic mass is 9.99. The monoisotopic (exact) mass is 657 g/mol. The molecule has 17 heteroatoms. The number of halogens is 2. The van der Waals surface area contributed by atoms with Crippen molar-refractivity contribution in [3.05, 3.63) is 36.7 Å². The number of aliphatic hydroxyl groups excluding tert-OH is 1. The molecule has 4 rings (SSSR count). The molecule has 0 amide bonds. The molecule has 0 bridgehead atoms. The van der Waals surface area contributed by atoms with Gasteiger partial charge in [0.25, 0.3) is 0 Å². The third kappa shape index (κ3) is 7.24. The van der Waals surface area contributed by atoms with E-state index in [1.807, 2.05) is 18.9 Å². The SMILES string of the molecule is CCCN(C)c1nc(N)nc2c1ncn2[C@@H]1O[C@](CCl)(CO[P@@](=O)(N[C@@H](C)C(=O)OC(C)C)Oc2ccccc2)[C@@H](O)[C@@H]1F. The number of aliphatic hydroxyl groups is 1. The Morgan fingerprint density at radius 3 is 2.66 bits per heavy atom. The van der Waals surface area contributed by atoms with Gasteiger partial charge in [-0.1, -0.05) is 25.1 Å². The first-order valence-electron chi connectivity index (χ1n) is 14.1. The minimum Gasteiger partial charge on any atom is -0.462 e. The number of carbonyl (C=O) groups excluding carboxylic acids is 1. The van der Waals surface area contributed by atoms with Gasteiger partial charge in [-0.15, -0.1) is 11.6 Å². The fourth-order valence-corrected chi connectivity index (χ4v) is 6.49. The Morgan fingerprint density at radius 1 is 1.32 bits per heavy atom. The van der Waals surface area contributed by atoms with Crippen LogP contribution >= 0.6 is 19.3 Å². The van der Waals surface area contributed by atoms with E-state index >= 15 is 4.39 Å². The van der Waals surface area contributed by atoms with Gasteiger partial charge >= 0.3 is 13.7 Å². The fourth-order valence-electron chi connectivity index (χ4n) is 4.64. The van der Waals surface area contributed by atoms with E-state index in [1.54, 1.807) is 32.0 Å². The smallest absolute Gasteiger partial charge is 0.459 e. The summed E-state index contributed by atoms with van der Waals surface area (Å²) in [6, 6.07) is 6.96. The summed E-state index contributed by atoms with van der Waals surface area (Å²) in [5.41, 5.74) is 4.61. The molecule has 1 aromatic carbocycles. The molecule has 2 aromatic heterocycles. The number of anilines is 2. The molecule has 0 radical (unpaired) electrons. The average Bonchev–Trinajstić information content (AvgIpc) is 3.50. The van der Waals surface area contributed by atoms with Gasteiger partial charge in [-0.25, -0.2) is 13.9 Å². The third-order valence-corrected chi connectivity index (χ3v) is 8.89. The lowest BCUT2D eigenvalue weighted by Crippen LogP contribution is -2.48. The van der Waals surface area contributed by atoms with Crippen molar-refractivity contribution in [1.29, 1.82) is 0 Å². The maximum Gasteiger partial charge on any atom is 0.459 e. The van der Waals surface area contributed by atoms with Crippen LogP contribution in [0.15, 0.2) is 36.7 Å². The molecule has 14 nitrogen and oxygen atoms in total. The van der Waals surface area contributed by atoms with Gasteiger partial charge < -0.3 is 29.7 Å². The molecule has 3 heterocycles. The van der Waals surface area contributed by atoms with Crippen molar-refractivity contribution in [3.63, 3.8) is 0 Å². The number of benzene rings is 1. The average molecular weight is 658 g/mol. The highest BCUT2D eigenvalue weighted by molar-refractivity contribution is 7.52. The number of esters is 1. The standard InChI is InChI=1S/C27H38ClFN7O7P/c1-6-12-35(5)22-20-23(33-26(30)32-22)36(15-31-20)24-19(29)21(37)27(13-28,42-24)14-40-44(39,43-18-10-8-7-9-11-18)34-17(4)25(38)41-16(2)3/h7-11,15-17,19,21,24,37H,6,12-14H2,1-5H3,(H,34,39)(H2,30,32,33)/t17-,19-,21-,24+,27+,44-/m0/s1. The molecular formula is C27H38ClFN7O7P. The number of hydrogen-bond acceptors (Lipinski definition) is 12. The molecule has 1 saturated heterocycles. The molecular weight excluding hydrogens is 620 g/mol. The van der Waals surface area contributed by atoms with Crippen LogP contribution in [0.5, 0.6) is 5.75 Å². The largest absolute Gasteiger partial charge is 0.462 e. The second-order valence-electron chi connectivity index (χ2n) is 10.8. The highest BCUT2D eigenvalue weighted by Gasteiger charge is 2.57. The van der Waals surface area contributed by atoms with E-state index in [0.717, 1.165) is 6.42 Å². The highest BCUT2D eigenvalue weighted by atomic mass is 35.5. The second-order valence-corrected chi connectivity index (χ2v) is 12.7. The van der Waals surface area contributed by atoms with Crippen molar-refractivity contribution in [2.45, 2.75) is 70.4 Å². The predicted octanol–water partition coefficient (Wildman–Crippen LogP) is 3.59. The molecule has 1 aliphatic rings. The zero-order chi connectivity index (χ0) is 32.2. The van der Waals surface area contributed by atoms with Crippen LogP contribution in [-0.4, -0.2) is 86.7 Å². The van der Waals surface area contributed by atoms with Crippen molar-refractivity contribution in [2.75, 3.05) is 36.7 Å². The summed E-state index contributed by atoms with van der Waals surface area (Å²) < 4.78 is 53.7. The van der Waals surface area contributed by atoms with Crippen molar-refractivity contribution in [2.24, 2.45) is 0 Å². The van der Waals surface area contributed by atoms with Crippen molar-refractivity contribution >= 4 is 48.2 Å². The number of ether oxygens (including phenoxy) is 2. The maximum atomic E-state index is 15.8. The number of imidazole rings is 1. The van der Waals surface area contributed by atoms with Crippen LogP contribution < -0.4 is 20.2 Å². The van der Waals surface area contributed by atoms with E-state index in [2.05, 4.69) is 20.0 Å². The van der Waals surface area contributed by atoms with Gasteiger partial charge in [0.2, 0.25) is 5.95 Å². The minimum absolute atomic E-state index is 0.0618. The second kappa shape index (κ2) is 13.9. The van der Waals surface area contributed by atoms with Crippen LogP contribution in [0.3, 0.4) is 0 Å². The Labute approximate surface area is 259 Å². The lowest BCUT2D eigenvalue weighted by molar-refractivity contribution is -0.149. The van der Waals surface area contributed by atoms with Gasteiger partial charge in [0.1, 0.15) is 23.5 Å². The Kier molecular flexibility index (Phi) is 10.7. The Morgan fingerprint density at radius 2 is 2.02 bits per heavy atom. The van der Waals surface area contributed by atoms with Crippen LogP contribution in [0.2, 0.25) is 0 Å². The summed E-state index contributed by atoms with van der Waals surface area (Å²) in [7, 11) is -2.56. The number of fused-ring (bicyclic) bond motifs is 1. The fraction of sp³-hybridized carbons (Fsp3) is 0.556. The number of para-hydroxylation sites is 1. The predicted molar refractivity (Wildman–Crippen MR) is 162 cm³/mol. The normalized spacial score (nSPS) is 23.9. The number of alkyl halides is 2. The van der Waals surface area contributed by atoms with Gasteiger partial charge in [0, 0.05) is 13.6 Å². The van der Waals surface area contributed by atoms with Crippen LogP contribution in [-0.2, 0) is 23.4 Å². The number of aromatic nitrogens is 4. The molecule has 242 valence electrons. The van der Waals surface area contributed by atoms with Crippen molar-refractivity contribution in [1.82, 2.24) is 24.6 Å². The number of hydrogen-bond donors (Lipinski definition) is 3. The first kappa shape index (κ1) is 33.8. The van der Waals surface area contributed by atoms with Crippen molar-refractivity contribution in [3.8, 4) is 5.75 Å². The quantitative estimate of drug-likeness (QED) is 0.130. The molecule has 0 aliphatic carbocycles. The maximum absolute atomic E-state index is 15.8. The van der Waals surface area contributed by atoms with Gasteiger partial charge in [-0.05, 0) is 39.3 Å². The van der Waals surface area contributed by atoms with E-state index < -0.39 is 62.5 Å². The number of nitrogens with zero attached hydrogens (tertiary/aromatic N) is 5. The summed E-state index contributed by atoms with van der Waals surface area (Å²) in [5, 5.41) is 13.6. The molecule has 3 aromatic rings. The van der Waals surface area contributed by atoms with E-state index in [1.165, 1.54) is 30.0 Å². The highest BCUT2D eigenvalue weighted by Crippen LogP contribution is 2.49. The van der Waals surface area contributed by atoms with E-state index in [0.29, 0.717) is 17.9 Å². The summed E-state index contributed by atoms with van der Waals surface area (Å²) in [5.74, 6) is -0.619. The number of nitrogens with two attached hydrogens (primary N) is 1. The molecule has 0 spiro atoms. The molecule has 1 fully saturated rings. The number of carbonyl (C=O) groups is 1. The van der Waals surface area contributed by atoms with Gasteiger partial charge in [0.15, 0.2) is 29.4 Å². The Balaban J connectivity index is 1.62. The number of nitrogens with one attached hydrogen (secondary N) is 1. The number of rotatable bonds is 14. The zero-order valence-electron chi connectivity index (χ0n) is 25.1. The molecule has 44 heavy (non-hydrogen) atoms. The topological polar surface area (TPSA) is 176 Å². The third-order valence-electron chi connectivity index (χ3n) is 6.81. The van der Waals surface area contributed by atoms with Crippen LogP contribution in [0.1, 0.15) is 40.3 Å². The molecule has 0 unspecified atom stereocenters. The first-order valence-corrected chi connectivity index (χ1v) is 16.2. The van der Waals surface area contributed by atoms with Gasteiger partial charge in [0.05, 0.1) is 24.9 Å². The van der Waals surface area contributed by atoms with Crippen LogP contribution in [0, 0.1) is 0 Å². The molecule has 4 N–H and O–H groups in total. The van der Waals surface area contributed by atoms with Crippen molar-refractivity contribution < 1.29 is 37.4 Å². The zero-order valence-corrected chi connectivity index (χ0v) is 26.7. The molecule has 0 saturated carbocycles. The van der Waals surface area contributed by atoms with Crippen LogP contribution in [0.25, 0.3) is 11.2 Å². The Hall–Kier alpha value is -3.07. The summed E-state index contributed by atoms with van der Waals surface area (Å²) in [6.07, 6.45) is -3.62. The first-order chi connectivity index (χ1) is 20.8. The van der Waals surface area contributed by atoms with Gasteiger partial charge in [-0.2, -0.15) is 15.1 Å². The number of nitrogen functional groups attached to an aromatic ring is 1. The van der Waals surface area contributed by atoms with E-state index in [-0.39, 0.29) is 17.3 Å². The molecule has 6 atom stereocenters. The van der Waals surface area contributed by atoms with E-state index in [9.17, 15) is 14.5 Å². The summed E-state index contributed by atoms with van der Waals surface area (Å²) >= 11 is 6.27. The van der Waals surface area contributed by atoms with Crippen LogP contribution in [0.4, 0.5) is 16.2 Å². The summed E-state index contributed by atoms with van der Waals surface area (Å²) in [6.45, 7) is 6.73. The van der Waals surface area contributed by atoms with E-state index in [4.69, 9.17) is 35.9 Å². The van der Waals surface area contributed by atoms with Gasteiger partial charge in [-0.3, -0.25) is 13.9 Å².